The molecule has 0 aliphatic carbocycles. The van der Waals surface area contributed by atoms with E-state index in [4.69, 9.17) is 4.42 Å². The Morgan fingerprint density at radius 2 is 1.79 bits per heavy atom. The monoisotopic (exact) mass is 464 g/mol. The zero-order valence-electron chi connectivity index (χ0n) is 16.5. The lowest BCUT2D eigenvalue weighted by molar-refractivity contribution is -0.388. The lowest BCUT2D eigenvalue weighted by Crippen LogP contribution is -2.17. The van der Waals surface area contributed by atoms with Crippen LogP contribution in [0.4, 0.5) is 30.2 Å². The Labute approximate surface area is 183 Å². The minimum absolute atomic E-state index is 0.0664. The average Bonchev–Trinajstić information content (AvgIpc) is 3.31. The molecule has 0 amide bonds. The van der Waals surface area contributed by atoms with Crippen molar-refractivity contribution in [1.29, 1.82) is 0 Å². The van der Waals surface area contributed by atoms with Crippen molar-refractivity contribution in [2.45, 2.75) is 18.6 Å². The number of alkyl halides is 3. The Morgan fingerprint density at radius 1 is 1.09 bits per heavy atom. The summed E-state index contributed by atoms with van der Waals surface area (Å²) in [6, 6.07) is 9.84. The highest BCUT2D eigenvalue weighted by molar-refractivity contribution is 6.00. The first-order valence-corrected chi connectivity index (χ1v) is 9.21. The molecule has 1 unspecified atom stereocenters. The van der Waals surface area contributed by atoms with Gasteiger partial charge in [-0.2, -0.15) is 13.2 Å². The second-order valence-electron chi connectivity index (χ2n) is 6.75. The van der Waals surface area contributed by atoms with Crippen LogP contribution < -0.4 is 5.32 Å². The fourth-order valence-electron chi connectivity index (χ4n) is 3.11. The standard InChI is InChI=1S/C20H15F3N4O6/c21-20(22,23)15-10-13(5-8-18(15)27(31)32)24-17(19-2-1-9-33-19)11-16(25-28)12-3-6-14(7-4-12)26(29)30/h1-10,17,24,28H,11H2/b25-16-. The zero-order valence-corrected chi connectivity index (χ0v) is 16.5. The molecule has 172 valence electrons. The summed E-state index contributed by atoms with van der Waals surface area (Å²) >= 11 is 0. The molecule has 0 saturated heterocycles. The van der Waals surface area contributed by atoms with Gasteiger partial charge in [0.1, 0.15) is 11.3 Å². The van der Waals surface area contributed by atoms with Crippen LogP contribution in [0.5, 0.6) is 0 Å². The van der Waals surface area contributed by atoms with E-state index in [1.807, 2.05) is 0 Å². The van der Waals surface area contributed by atoms with Gasteiger partial charge in [-0.05, 0) is 42.0 Å². The number of nitro groups is 2. The highest BCUT2D eigenvalue weighted by Gasteiger charge is 2.38. The fourth-order valence-corrected chi connectivity index (χ4v) is 3.11. The van der Waals surface area contributed by atoms with Crippen LogP contribution >= 0.6 is 0 Å². The van der Waals surface area contributed by atoms with Gasteiger partial charge in [0, 0.05) is 30.3 Å². The molecule has 13 heteroatoms. The third-order valence-electron chi connectivity index (χ3n) is 4.66. The number of benzene rings is 2. The highest BCUT2D eigenvalue weighted by atomic mass is 19.4. The number of oxime groups is 1. The predicted molar refractivity (Wildman–Crippen MR) is 109 cm³/mol. The van der Waals surface area contributed by atoms with Crippen LogP contribution in [0, 0.1) is 20.2 Å². The molecular formula is C20H15F3N4O6. The topological polar surface area (TPSA) is 144 Å². The smallest absolute Gasteiger partial charge is 0.423 e. The van der Waals surface area contributed by atoms with Crippen molar-refractivity contribution < 1.29 is 32.6 Å². The van der Waals surface area contributed by atoms with Gasteiger partial charge in [-0.25, -0.2) is 0 Å². The third kappa shape index (κ3) is 5.44. The van der Waals surface area contributed by atoms with E-state index >= 15 is 0 Å². The number of rotatable bonds is 8. The van der Waals surface area contributed by atoms with Crippen molar-refractivity contribution in [2.75, 3.05) is 5.32 Å². The summed E-state index contributed by atoms with van der Waals surface area (Å²) in [5.74, 6) is 0.282. The molecule has 2 N–H and O–H groups in total. The lowest BCUT2D eigenvalue weighted by atomic mass is 10.0. The zero-order chi connectivity index (χ0) is 24.2. The molecular weight excluding hydrogens is 449 g/mol. The van der Waals surface area contributed by atoms with Crippen LogP contribution in [-0.2, 0) is 6.18 Å². The quantitative estimate of drug-likeness (QED) is 0.193. The van der Waals surface area contributed by atoms with Crippen LogP contribution in [0.1, 0.15) is 29.3 Å². The summed E-state index contributed by atoms with van der Waals surface area (Å²) in [4.78, 5) is 20.1. The molecule has 1 atom stereocenters. The van der Waals surface area contributed by atoms with Crippen molar-refractivity contribution >= 4 is 22.8 Å². The van der Waals surface area contributed by atoms with E-state index in [1.165, 1.54) is 30.5 Å². The van der Waals surface area contributed by atoms with Crippen LogP contribution in [-0.4, -0.2) is 20.8 Å². The van der Waals surface area contributed by atoms with E-state index in [1.54, 1.807) is 12.1 Å². The summed E-state index contributed by atoms with van der Waals surface area (Å²) in [6.45, 7) is 0. The number of hydrogen-bond donors (Lipinski definition) is 2. The first-order chi connectivity index (χ1) is 15.6. The van der Waals surface area contributed by atoms with Crippen LogP contribution in [0.2, 0.25) is 0 Å². The summed E-state index contributed by atoms with van der Waals surface area (Å²) in [7, 11) is 0. The lowest BCUT2D eigenvalue weighted by Gasteiger charge is -2.19. The summed E-state index contributed by atoms with van der Waals surface area (Å²) in [6.07, 6.45) is -3.72. The molecule has 0 bridgehead atoms. The molecule has 0 spiro atoms. The normalized spacial score (nSPS) is 12.9. The fraction of sp³-hybridized carbons (Fsp3) is 0.150. The summed E-state index contributed by atoms with van der Waals surface area (Å²) in [5, 5.41) is 37.3. The average molecular weight is 464 g/mol. The van der Waals surface area contributed by atoms with Crippen LogP contribution in [0.3, 0.4) is 0 Å². The molecule has 33 heavy (non-hydrogen) atoms. The molecule has 3 rings (SSSR count). The van der Waals surface area contributed by atoms with Gasteiger partial charge in [0.2, 0.25) is 0 Å². The van der Waals surface area contributed by atoms with Crippen molar-refractivity contribution in [3.05, 3.63) is 98.0 Å². The Balaban J connectivity index is 1.93. The maximum absolute atomic E-state index is 13.3. The molecule has 10 nitrogen and oxygen atoms in total. The highest BCUT2D eigenvalue weighted by Crippen LogP contribution is 2.38. The molecule has 3 aromatic rings. The second kappa shape index (κ2) is 9.38. The first kappa shape index (κ1) is 23.2. The van der Waals surface area contributed by atoms with Gasteiger partial charge in [-0.3, -0.25) is 20.2 Å². The molecule has 0 aliphatic heterocycles. The molecule has 2 aromatic carbocycles. The van der Waals surface area contributed by atoms with E-state index < -0.39 is 33.3 Å². The third-order valence-corrected chi connectivity index (χ3v) is 4.66. The van der Waals surface area contributed by atoms with Crippen molar-refractivity contribution in [2.24, 2.45) is 5.16 Å². The molecule has 1 aromatic heterocycles. The van der Waals surface area contributed by atoms with Gasteiger partial charge in [0.25, 0.3) is 11.4 Å². The Kier molecular flexibility index (Phi) is 6.61. The van der Waals surface area contributed by atoms with Crippen molar-refractivity contribution in [3.8, 4) is 0 Å². The minimum atomic E-state index is -4.96. The molecule has 0 fully saturated rings. The second-order valence-corrected chi connectivity index (χ2v) is 6.75. The Bertz CT molecular complexity index is 1180. The number of furan rings is 1. The molecule has 0 aliphatic rings. The largest absolute Gasteiger partial charge is 0.467 e. The molecule has 0 radical (unpaired) electrons. The van der Waals surface area contributed by atoms with E-state index in [0.29, 0.717) is 11.6 Å². The van der Waals surface area contributed by atoms with Gasteiger partial charge in [0.05, 0.1) is 27.9 Å². The Morgan fingerprint density at radius 3 is 2.30 bits per heavy atom. The number of nitrogens with one attached hydrogen (secondary N) is 1. The predicted octanol–water partition coefficient (Wildman–Crippen LogP) is 5.54. The van der Waals surface area contributed by atoms with Gasteiger partial charge >= 0.3 is 6.18 Å². The Hall–Kier alpha value is -4.42. The van der Waals surface area contributed by atoms with Crippen LogP contribution in [0.15, 0.2) is 70.4 Å². The summed E-state index contributed by atoms with van der Waals surface area (Å²) in [5.41, 5.74) is -2.39. The molecule has 0 saturated carbocycles. The van der Waals surface area contributed by atoms with Gasteiger partial charge in [-0.1, -0.05) is 5.16 Å². The number of halogens is 3. The number of hydrogen-bond acceptors (Lipinski definition) is 8. The number of non-ortho nitro benzene ring substituents is 1. The van der Waals surface area contributed by atoms with Gasteiger partial charge < -0.3 is 14.9 Å². The van der Waals surface area contributed by atoms with E-state index in [0.717, 1.165) is 12.1 Å². The van der Waals surface area contributed by atoms with E-state index in [2.05, 4.69) is 10.5 Å². The minimum Gasteiger partial charge on any atom is -0.467 e. The van der Waals surface area contributed by atoms with Gasteiger partial charge in [0.15, 0.2) is 0 Å². The van der Waals surface area contributed by atoms with Crippen LogP contribution in [0.25, 0.3) is 0 Å². The SMILES string of the molecule is O=[N+]([O-])c1ccc(/C(CC(Nc2ccc([N+](=O)[O-])c(C(F)(F)F)c2)c2ccco2)=N\O)cc1. The number of anilines is 1. The van der Waals surface area contributed by atoms with Crippen molar-refractivity contribution in [3.63, 3.8) is 0 Å². The summed E-state index contributed by atoms with van der Waals surface area (Å²) < 4.78 is 45.3. The van der Waals surface area contributed by atoms with E-state index in [-0.39, 0.29) is 29.3 Å². The van der Waals surface area contributed by atoms with Gasteiger partial charge in [-0.15, -0.1) is 0 Å². The maximum Gasteiger partial charge on any atom is 0.423 e. The number of nitro benzene ring substituents is 2. The van der Waals surface area contributed by atoms with E-state index in [9.17, 15) is 38.6 Å². The maximum atomic E-state index is 13.3. The van der Waals surface area contributed by atoms with Crippen molar-refractivity contribution in [1.82, 2.24) is 0 Å². The molecule has 1 heterocycles. The number of nitrogens with zero attached hydrogens (tertiary/aromatic N) is 3. The first-order valence-electron chi connectivity index (χ1n) is 9.21.